The first-order chi connectivity index (χ1) is 15.6. The molecule has 0 saturated heterocycles. The Bertz CT molecular complexity index is 1320. The molecule has 2 aliphatic heterocycles. The number of hydrogen-bond acceptors (Lipinski definition) is 2. The van der Waals surface area contributed by atoms with Gasteiger partial charge in [0.05, 0.1) is 11.9 Å². The monoisotopic (exact) mass is 417 g/mol. The second-order valence-corrected chi connectivity index (χ2v) is 9.42. The van der Waals surface area contributed by atoms with Crippen LogP contribution in [0.25, 0.3) is 22.6 Å². The zero-order valence-corrected chi connectivity index (χ0v) is 19.0. The summed E-state index contributed by atoms with van der Waals surface area (Å²) in [7, 11) is 2.24. The lowest BCUT2D eigenvalue weighted by Crippen LogP contribution is -2.57. The normalized spacial score (nSPS) is 14.5. The van der Waals surface area contributed by atoms with Gasteiger partial charge in [-0.2, -0.15) is 0 Å². The van der Waals surface area contributed by atoms with Gasteiger partial charge in [0.1, 0.15) is 5.82 Å². The van der Waals surface area contributed by atoms with Crippen molar-refractivity contribution < 1.29 is 0 Å². The van der Waals surface area contributed by atoms with Crippen molar-refractivity contribution in [3.63, 3.8) is 0 Å². The van der Waals surface area contributed by atoms with Gasteiger partial charge in [0.2, 0.25) is 0 Å². The Labute approximate surface area is 190 Å². The van der Waals surface area contributed by atoms with Gasteiger partial charge in [-0.15, -0.1) is 0 Å². The lowest BCUT2D eigenvalue weighted by atomic mass is 9.58. The summed E-state index contributed by atoms with van der Waals surface area (Å²) in [5.41, 5.74) is 10.8. The first kappa shape index (κ1) is 19.4. The lowest BCUT2D eigenvalue weighted by Gasteiger charge is -2.38. The number of aromatic nitrogens is 2. The number of fused-ring (bicyclic) bond motifs is 6. The van der Waals surface area contributed by atoms with Crippen molar-refractivity contribution in [2.24, 2.45) is 0 Å². The number of hydrogen-bond donors (Lipinski definition) is 0. The number of para-hydroxylation sites is 1. The van der Waals surface area contributed by atoms with Crippen LogP contribution in [0.4, 0.5) is 5.69 Å². The number of aryl methyl sites for hydroxylation is 2. The van der Waals surface area contributed by atoms with Gasteiger partial charge in [-0.05, 0) is 66.5 Å². The van der Waals surface area contributed by atoms with E-state index in [4.69, 9.17) is 4.98 Å². The molecule has 6 rings (SSSR count). The zero-order chi connectivity index (χ0) is 21.8. The molecule has 3 aromatic carbocycles. The second kappa shape index (κ2) is 7.41. The summed E-state index contributed by atoms with van der Waals surface area (Å²) in [6.45, 7) is 4.71. The molecule has 4 aromatic rings. The largest absolute Gasteiger partial charge is 0.417 e. The van der Waals surface area contributed by atoms with E-state index in [-0.39, 0.29) is 6.98 Å². The number of benzene rings is 3. The first-order valence-corrected chi connectivity index (χ1v) is 11.7. The lowest BCUT2D eigenvalue weighted by molar-refractivity contribution is 0.814. The van der Waals surface area contributed by atoms with Crippen LogP contribution in [0.15, 0.2) is 72.9 Å². The maximum Gasteiger partial charge on any atom is 0.417 e. The topological polar surface area (TPSA) is 21.1 Å². The Morgan fingerprint density at radius 3 is 2.41 bits per heavy atom. The molecule has 0 bridgehead atoms. The van der Waals surface area contributed by atoms with Crippen LogP contribution in [0, 0.1) is 0 Å². The minimum absolute atomic E-state index is 0.0807. The Kier molecular flexibility index (Phi) is 4.50. The Hall–Kier alpha value is -3.27. The van der Waals surface area contributed by atoms with E-state index < -0.39 is 0 Å². The summed E-state index contributed by atoms with van der Waals surface area (Å²) in [4.78, 5) is 7.48. The third kappa shape index (κ3) is 2.79. The summed E-state index contributed by atoms with van der Waals surface area (Å²) in [6.07, 6.45) is 5.42. The second-order valence-electron chi connectivity index (χ2n) is 9.42. The van der Waals surface area contributed by atoms with Gasteiger partial charge < -0.3 is 9.29 Å². The Morgan fingerprint density at radius 2 is 1.56 bits per heavy atom. The van der Waals surface area contributed by atoms with Crippen molar-refractivity contribution in [2.45, 2.75) is 39.0 Å². The fraction of sp³-hybridized carbons (Fsp3) is 0.250. The molecule has 1 aromatic heterocycles. The smallest absolute Gasteiger partial charge is 0.394 e. The molecule has 32 heavy (non-hydrogen) atoms. The van der Waals surface area contributed by atoms with E-state index >= 15 is 0 Å². The number of rotatable bonds is 1. The quantitative estimate of drug-likeness (QED) is 0.380. The predicted octanol–water partition coefficient (Wildman–Crippen LogP) is 5.52. The van der Waals surface area contributed by atoms with E-state index in [0.29, 0.717) is 5.92 Å². The van der Waals surface area contributed by atoms with Crippen molar-refractivity contribution in [2.75, 3.05) is 11.9 Å². The number of imidazole rings is 1. The molecule has 0 fully saturated rings. The Morgan fingerprint density at radius 1 is 0.844 bits per heavy atom. The molecule has 0 radical (unpaired) electrons. The number of anilines is 1. The van der Waals surface area contributed by atoms with E-state index in [2.05, 4.69) is 103 Å². The molecule has 0 unspecified atom stereocenters. The van der Waals surface area contributed by atoms with Gasteiger partial charge in [-0.1, -0.05) is 68.4 Å². The van der Waals surface area contributed by atoms with E-state index in [1.54, 1.807) is 0 Å². The van der Waals surface area contributed by atoms with Crippen molar-refractivity contribution in [3.8, 4) is 22.6 Å². The van der Waals surface area contributed by atoms with E-state index in [9.17, 15) is 0 Å². The van der Waals surface area contributed by atoms with Crippen LogP contribution in [0.1, 0.15) is 42.9 Å². The van der Waals surface area contributed by atoms with E-state index in [1.807, 2.05) is 0 Å². The summed E-state index contributed by atoms with van der Waals surface area (Å²) >= 11 is 0. The van der Waals surface area contributed by atoms with Gasteiger partial charge >= 0.3 is 6.98 Å². The molecule has 0 saturated carbocycles. The highest BCUT2D eigenvalue weighted by Gasteiger charge is 2.40. The van der Waals surface area contributed by atoms with Gasteiger partial charge in [0.25, 0.3) is 0 Å². The minimum Gasteiger partial charge on any atom is -0.394 e. The molecule has 0 amide bonds. The molecule has 4 heteroatoms. The van der Waals surface area contributed by atoms with Crippen LogP contribution in [0.5, 0.6) is 0 Å². The summed E-state index contributed by atoms with van der Waals surface area (Å²) in [5.74, 6) is 1.53. The molecule has 3 heterocycles. The molecule has 0 atom stereocenters. The highest BCUT2D eigenvalue weighted by Crippen LogP contribution is 2.39. The molecule has 3 nitrogen and oxygen atoms in total. The summed E-state index contributed by atoms with van der Waals surface area (Å²) < 4.78 is 2.50. The molecule has 0 N–H and O–H groups in total. The van der Waals surface area contributed by atoms with Crippen LogP contribution in [0.3, 0.4) is 0 Å². The maximum atomic E-state index is 5.02. The molecular formula is C28H28BN3. The maximum absolute atomic E-state index is 5.02. The van der Waals surface area contributed by atoms with Crippen molar-refractivity contribution >= 4 is 18.1 Å². The van der Waals surface area contributed by atoms with Gasteiger partial charge in [-0.25, -0.2) is 4.98 Å². The highest BCUT2D eigenvalue weighted by atomic mass is 15.2. The van der Waals surface area contributed by atoms with E-state index in [0.717, 1.165) is 25.1 Å². The average molecular weight is 417 g/mol. The molecule has 158 valence electrons. The van der Waals surface area contributed by atoms with Gasteiger partial charge in [0.15, 0.2) is 0 Å². The van der Waals surface area contributed by atoms with Crippen LogP contribution < -0.4 is 10.3 Å². The third-order valence-electron chi connectivity index (χ3n) is 7.23. The highest BCUT2D eigenvalue weighted by molar-refractivity contribution is 6.77. The fourth-order valence-corrected chi connectivity index (χ4v) is 5.73. The molecule has 2 aliphatic rings. The molecule has 0 spiro atoms. The predicted molar refractivity (Wildman–Crippen MR) is 135 cm³/mol. The molecule has 0 aliphatic carbocycles. The van der Waals surface area contributed by atoms with Crippen LogP contribution in [-0.4, -0.2) is 23.5 Å². The average Bonchev–Trinajstić information content (AvgIpc) is 3.25. The Balaban J connectivity index is 1.73. The van der Waals surface area contributed by atoms with Gasteiger partial charge in [-0.3, -0.25) is 0 Å². The SMILES string of the molecule is CC(C)c1cccc2c1B1N(C)c3ccccc3-c3ncc(n31)-c1ccccc1CCC2. The van der Waals surface area contributed by atoms with Crippen LogP contribution in [0.2, 0.25) is 0 Å². The minimum atomic E-state index is 0.0807. The van der Waals surface area contributed by atoms with Crippen LogP contribution >= 0.6 is 0 Å². The van der Waals surface area contributed by atoms with Crippen molar-refractivity contribution in [1.82, 2.24) is 9.46 Å². The number of nitrogens with zero attached hydrogens (tertiary/aromatic N) is 3. The summed E-state index contributed by atoms with van der Waals surface area (Å²) in [5, 5.41) is 0. The zero-order valence-electron chi connectivity index (χ0n) is 19.0. The standard InChI is InChI=1S/C28H28BN3/c1-19(2)22-16-9-13-21-12-8-11-20-10-4-5-14-23(20)26-18-30-28-24-15-6-7-17-25(24)31(3)29(27(21)22)32(26)28/h4-7,9-10,13-19H,8,11-12H2,1-3H3. The van der Waals surface area contributed by atoms with E-state index in [1.165, 1.54) is 44.7 Å². The van der Waals surface area contributed by atoms with Crippen molar-refractivity contribution in [1.29, 1.82) is 0 Å². The van der Waals surface area contributed by atoms with Gasteiger partial charge in [0, 0.05) is 16.8 Å². The van der Waals surface area contributed by atoms with Crippen LogP contribution in [-0.2, 0) is 12.8 Å². The van der Waals surface area contributed by atoms with Crippen molar-refractivity contribution in [3.05, 3.63) is 89.6 Å². The molecular weight excluding hydrogens is 389 g/mol. The summed E-state index contributed by atoms with van der Waals surface area (Å²) in [6, 6.07) is 24.5. The third-order valence-corrected chi connectivity index (χ3v) is 7.23. The first-order valence-electron chi connectivity index (χ1n) is 11.7. The fourth-order valence-electron chi connectivity index (χ4n) is 5.73.